The number of aliphatic hydroxyl groups excluding tert-OH is 3. The third kappa shape index (κ3) is 2.24. The molecule has 118 valence electrons. The Morgan fingerprint density at radius 1 is 1.41 bits per heavy atom. The van der Waals surface area contributed by atoms with E-state index in [1.165, 1.54) is 21.7 Å². The maximum Gasteiger partial charge on any atom is 0.349 e. The van der Waals surface area contributed by atoms with Gasteiger partial charge < -0.3 is 20.1 Å². The van der Waals surface area contributed by atoms with Crippen molar-refractivity contribution in [1.82, 2.24) is 19.1 Å². The van der Waals surface area contributed by atoms with Crippen LogP contribution in [0.2, 0.25) is 0 Å². The molecule has 1 fully saturated rings. The summed E-state index contributed by atoms with van der Waals surface area (Å²) in [4.78, 5) is 20.0. The number of hydrogen-bond acceptors (Lipinski definition) is 7. The highest BCUT2D eigenvalue weighted by Crippen LogP contribution is 2.30. The van der Waals surface area contributed by atoms with Crippen LogP contribution in [0.5, 0.6) is 0 Å². The molecule has 1 aliphatic heterocycles. The Bertz CT molecular complexity index is 754. The second-order valence-electron chi connectivity index (χ2n) is 5.05. The third-order valence-corrected chi connectivity index (χ3v) is 3.64. The summed E-state index contributed by atoms with van der Waals surface area (Å²) in [6, 6.07) is 0. The Labute approximate surface area is 124 Å². The van der Waals surface area contributed by atoms with E-state index in [0.29, 0.717) is 12.1 Å². The van der Waals surface area contributed by atoms with Gasteiger partial charge in [0, 0.05) is 12.7 Å². The molecule has 2 aromatic rings. The molecule has 1 saturated heterocycles. The lowest BCUT2D eigenvalue weighted by Crippen LogP contribution is -2.33. The van der Waals surface area contributed by atoms with Crippen LogP contribution in [-0.4, -0.2) is 59.3 Å². The monoisotopic (exact) mass is 308 g/mol. The highest BCUT2D eigenvalue weighted by Gasteiger charge is 2.43. The smallest absolute Gasteiger partial charge is 0.349 e. The lowest BCUT2D eigenvalue weighted by Gasteiger charge is -2.16. The average Bonchev–Trinajstić information content (AvgIpc) is 3.02. The van der Waals surface area contributed by atoms with E-state index in [4.69, 9.17) is 9.84 Å². The summed E-state index contributed by atoms with van der Waals surface area (Å²) in [6.07, 6.45) is 0.107. The number of nitrogens with zero attached hydrogens (tertiary/aromatic N) is 4. The van der Waals surface area contributed by atoms with Crippen molar-refractivity contribution >= 4 is 11.2 Å². The zero-order valence-electron chi connectivity index (χ0n) is 11.6. The molecule has 0 aliphatic carbocycles. The van der Waals surface area contributed by atoms with E-state index in [0.717, 1.165) is 0 Å². The Balaban J connectivity index is 2.04. The fourth-order valence-corrected chi connectivity index (χ4v) is 2.50. The first-order valence-corrected chi connectivity index (χ1v) is 6.74. The number of hydrogen-bond donors (Lipinski definition) is 3. The summed E-state index contributed by atoms with van der Waals surface area (Å²) in [5.41, 5.74) is 0.195. The van der Waals surface area contributed by atoms with Crippen molar-refractivity contribution in [2.45, 2.75) is 31.1 Å². The fourth-order valence-electron chi connectivity index (χ4n) is 2.50. The number of ether oxygens (including phenoxy) is 1. The molecule has 0 unspecified atom stereocenters. The van der Waals surface area contributed by atoms with Gasteiger partial charge in [-0.25, -0.2) is 9.78 Å². The van der Waals surface area contributed by atoms with Gasteiger partial charge in [-0.1, -0.05) is 6.08 Å². The number of allylic oxidation sites excluding steroid dienone is 1. The van der Waals surface area contributed by atoms with Crippen molar-refractivity contribution in [3.63, 3.8) is 0 Å². The van der Waals surface area contributed by atoms with E-state index in [9.17, 15) is 15.0 Å². The Morgan fingerprint density at radius 2 is 2.18 bits per heavy atom. The van der Waals surface area contributed by atoms with Gasteiger partial charge in [-0.2, -0.15) is 4.98 Å². The van der Waals surface area contributed by atoms with E-state index in [2.05, 4.69) is 16.5 Å². The molecule has 9 nitrogen and oxygen atoms in total. The van der Waals surface area contributed by atoms with E-state index in [-0.39, 0.29) is 5.65 Å². The van der Waals surface area contributed by atoms with Gasteiger partial charge >= 0.3 is 5.69 Å². The largest absolute Gasteiger partial charge is 0.394 e. The zero-order valence-corrected chi connectivity index (χ0v) is 11.6. The molecule has 0 aromatic carbocycles. The first-order chi connectivity index (χ1) is 10.6. The topological polar surface area (TPSA) is 123 Å². The van der Waals surface area contributed by atoms with Gasteiger partial charge in [0.2, 0.25) is 0 Å². The summed E-state index contributed by atoms with van der Waals surface area (Å²) in [5, 5.41) is 29.0. The summed E-state index contributed by atoms with van der Waals surface area (Å²) < 4.78 is 8.14. The number of aliphatic hydroxyl groups is 3. The number of imidazole rings is 1. The molecule has 0 amide bonds. The van der Waals surface area contributed by atoms with Crippen molar-refractivity contribution in [2.75, 3.05) is 6.61 Å². The van der Waals surface area contributed by atoms with Crippen LogP contribution < -0.4 is 5.69 Å². The standard InChI is InChI=1S/C13H16N4O5/c1-2-3-16-4-7-11(15-13(16)21)17(6-14-7)12-10(20)9(19)8(5-18)22-12/h2,4,6,8-10,12,18-20H,1,3,5H2/t8-,9-,10-,12-/m1/s1. The van der Waals surface area contributed by atoms with E-state index >= 15 is 0 Å². The molecule has 3 rings (SSSR count). The second-order valence-corrected chi connectivity index (χ2v) is 5.05. The van der Waals surface area contributed by atoms with Crippen LogP contribution in [0.3, 0.4) is 0 Å². The Morgan fingerprint density at radius 3 is 2.82 bits per heavy atom. The van der Waals surface area contributed by atoms with Crippen molar-refractivity contribution in [1.29, 1.82) is 0 Å². The summed E-state index contributed by atoms with van der Waals surface area (Å²) in [5.74, 6) is 0. The molecule has 1 aliphatic rings. The van der Waals surface area contributed by atoms with Gasteiger partial charge in [0.15, 0.2) is 11.9 Å². The van der Waals surface area contributed by atoms with Crippen molar-refractivity contribution in [2.24, 2.45) is 0 Å². The predicted molar refractivity (Wildman–Crippen MR) is 75.0 cm³/mol. The number of aromatic nitrogens is 4. The van der Waals surface area contributed by atoms with Crippen LogP contribution in [0.4, 0.5) is 0 Å². The molecule has 0 bridgehead atoms. The molecule has 22 heavy (non-hydrogen) atoms. The van der Waals surface area contributed by atoms with Crippen molar-refractivity contribution in [3.05, 3.63) is 35.7 Å². The van der Waals surface area contributed by atoms with Gasteiger partial charge in [-0.15, -0.1) is 6.58 Å². The molecule has 0 spiro atoms. The van der Waals surface area contributed by atoms with Gasteiger partial charge in [0.05, 0.1) is 12.9 Å². The molecule has 2 aromatic heterocycles. The van der Waals surface area contributed by atoms with Gasteiger partial charge in [0.25, 0.3) is 0 Å². The maximum atomic E-state index is 11.9. The highest BCUT2D eigenvalue weighted by molar-refractivity contribution is 5.69. The van der Waals surface area contributed by atoms with Crippen LogP contribution >= 0.6 is 0 Å². The zero-order chi connectivity index (χ0) is 15.9. The third-order valence-electron chi connectivity index (χ3n) is 3.64. The van der Waals surface area contributed by atoms with Crippen molar-refractivity contribution < 1.29 is 20.1 Å². The van der Waals surface area contributed by atoms with Gasteiger partial charge in [-0.05, 0) is 0 Å². The first kappa shape index (κ1) is 14.9. The minimum absolute atomic E-state index is 0.236. The molecule has 3 N–H and O–H groups in total. The van der Waals surface area contributed by atoms with Crippen LogP contribution in [0.15, 0.2) is 30.0 Å². The average molecular weight is 308 g/mol. The lowest BCUT2D eigenvalue weighted by atomic mass is 10.1. The highest BCUT2D eigenvalue weighted by atomic mass is 16.6. The maximum absolute atomic E-state index is 11.9. The second kappa shape index (κ2) is 5.61. The summed E-state index contributed by atoms with van der Waals surface area (Å²) in [7, 11) is 0. The molecular formula is C13H16N4O5. The molecule has 4 atom stereocenters. The number of fused-ring (bicyclic) bond motifs is 1. The van der Waals surface area contributed by atoms with Crippen LogP contribution in [0.25, 0.3) is 11.2 Å². The van der Waals surface area contributed by atoms with Crippen molar-refractivity contribution in [3.8, 4) is 0 Å². The Hall–Kier alpha value is -2.07. The van der Waals surface area contributed by atoms with Crippen LogP contribution in [-0.2, 0) is 11.3 Å². The fraction of sp³-hybridized carbons (Fsp3) is 0.462. The summed E-state index contributed by atoms with van der Waals surface area (Å²) in [6.45, 7) is 3.44. The normalized spacial score (nSPS) is 28.3. The summed E-state index contributed by atoms with van der Waals surface area (Å²) >= 11 is 0. The molecule has 0 saturated carbocycles. The lowest BCUT2D eigenvalue weighted by molar-refractivity contribution is -0.0511. The number of rotatable bonds is 4. The minimum atomic E-state index is -1.26. The van der Waals surface area contributed by atoms with Crippen LogP contribution in [0, 0.1) is 0 Å². The quantitative estimate of drug-likeness (QED) is 0.581. The molecule has 0 radical (unpaired) electrons. The SMILES string of the molecule is C=CCn1cc2ncn([C@@H]3O[C@H](CO)[C@@H](O)[C@H]3O)c2nc1=O. The van der Waals surface area contributed by atoms with Gasteiger partial charge in [-0.3, -0.25) is 9.13 Å². The first-order valence-electron chi connectivity index (χ1n) is 6.74. The van der Waals surface area contributed by atoms with Gasteiger partial charge in [0.1, 0.15) is 23.8 Å². The van der Waals surface area contributed by atoms with E-state index in [1.54, 1.807) is 6.08 Å². The van der Waals surface area contributed by atoms with Crippen LogP contribution in [0.1, 0.15) is 6.23 Å². The van der Waals surface area contributed by atoms with E-state index in [1.807, 2.05) is 0 Å². The van der Waals surface area contributed by atoms with E-state index < -0.39 is 36.8 Å². The Kier molecular flexibility index (Phi) is 3.79. The molecule has 9 heteroatoms. The molecular weight excluding hydrogens is 292 g/mol. The molecule has 3 heterocycles. The predicted octanol–water partition coefficient (Wildman–Crippen LogP) is -1.61. The minimum Gasteiger partial charge on any atom is -0.394 e.